The first kappa shape index (κ1) is 13.3. The van der Waals surface area contributed by atoms with Crippen LogP contribution in [0.5, 0.6) is 0 Å². The third kappa shape index (κ3) is 2.75. The number of nitrogens with zero attached hydrogens (tertiary/aromatic N) is 1. The molecule has 3 heteroatoms. The second-order valence-electron chi connectivity index (χ2n) is 5.19. The second kappa shape index (κ2) is 6.18. The SMILES string of the molecule is NCN1CCNC1Cc1ccccc1-c1ccccc1. The number of hydrogen-bond donors (Lipinski definition) is 2. The summed E-state index contributed by atoms with van der Waals surface area (Å²) in [7, 11) is 0. The van der Waals surface area contributed by atoms with Crippen LogP contribution >= 0.6 is 0 Å². The third-order valence-electron chi connectivity index (χ3n) is 3.97. The largest absolute Gasteiger partial charge is 0.318 e. The smallest absolute Gasteiger partial charge is 0.0650 e. The van der Waals surface area contributed by atoms with Crippen molar-refractivity contribution in [3.63, 3.8) is 0 Å². The normalized spacial score (nSPS) is 19.4. The van der Waals surface area contributed by atoms with E-state index in [0.717, 1.165) is 19.5 Å². The average Bonchev–Trinajstić information content (AvgIpc) is 2.96. The molecule has 1 unspecified atom stereocenters. The van der Waals surface area contributed by atoms with Gasteiger partial charge in [0.25, 0.3) is 0 Å². The van der Waals surface area contributed by atoms with Gasteiger partial charge in [-0.3, -0.25) is 4.90 Å². The Morgan fingerprint density at radius 1 is 1.05 bits per heavy atom. The van der Waals surface area contributed by atoms with Crippen molar-refractivity contribution >= 4 is 0 Å². The minimum absolute atomic E-state index is 0.352. The zero-order valence-electron chi connectivity index (χ0n) is 11.6. The minimum Gasteiger partial charge on any atom is -0.318 e. The maximum atomic E-state index is 5.81. The summed E-state index contributed by atoms with van der Waals surface area (Å²) >= 11 is 0. The van der Waals surface area contributed by atoms with E-state index in [9.17, 15) is 0 Å². The molecule has 20 heavy (non-hydrogen) atoms. The average molecular weight is 267 g/mol. The van der Waals surface area contributed by atoms with Gasteiger partial charge in [0.05, 0.1) is 6.17 Å². The van der Waals surface area contributed by atoms with E-state index in [-0.39, 0.29) is 0 Å². The Kier molecular flexibility index (Phi) is 4.11. The molecule has 1 aliphatic heterocycles. The molecule has 1 heterocycles. The van der Waals surface area contributed by atoms with Gasteiger partial charge in [-0.25, -0.2) is 0 Å². The van der Waals surface area contributed by atoms with Crippen LogP contribution < -0.4 is 11.1 Å². The van der Waals surface area contributed by atoms with E-state index in [2.05, 4.69) is 64.8 Å². The minimum atomic E-state index is 0.352. The molecule has 2 aromatic carbocycles. The van der Waals surface area contributed by atoms with Gasteiger partial charge in [0.1, 0.15) is 0 Å². The molecule has 1 atom stereocenters. The number of nitrogens with two attached hydrogens (primary N) is 1. The predicted octanol–water partition coefficient (Wildman–Crippen LogP) is 2.04. The summed E-state index contributed by atoms with van der Waals surface area (Å²) in [5, 5.41) is 3.53. The number of nitrogens with one attached hydrogen (secondary N) is 1. The Morgan fingerprint density at radius 3 is 2.60 bits per heavy atom. The molecule has 104 valence electrons. The van der Waals surface area contributed by atoms with Crippen molar-refractivity contribution in [2.24, 2.45) is 5.73 Å². The lowest BCUT2D eigenvalue weighted by Crippen LogP contribution is -2.40. The lowest BCUT2D eigenvalue weighted by molar-refractivity contribution is 0.247. The molecule has 2 aromatic rings. The Labute approximate surface area is 120 Å². The second-order valence-corrected chi connectivity index (χ2v) is 5.19. The first-order chi connectivity index (χ1) is 9.88. The van der Waals surface area contributed by atoms with Crippen LogP contribution in [0.2, 0.25) is 0 Å². The summed E-state index contributed by atoms with van der Waals surface area (Å²) in [5.74, 6) is 0. The summed E-state index contributed by atoms with van der Waals surface area (Å²) in [6.07, 6.45) is 1.34. The summed E-state index contributed by atoms with van der Waals surface area (Å²) < 4.78 is 0. The van der Waals surface area contributed by atoms with Crippen LogP contribution in [0.1, 0.15) is 5.56 Å². The summed E-state index contributed by atoms with van der Waals surface area (Å²) in [5.41, 5.74) is 9.78. The molecule has 0 aliphatic carbocycles. The fraction of sp³-hybridized carbons (Fsp3) is 0.294. The molecule has 1 aliphatic rings. The van der Waals surface area contributed by atoms with E-state index in [1.54, 1.807) is 0 Å². The number of hydrogen-bond acceptors (Lipinski definition) is 3. The van der Waals surface area contributed by atoms with Gasteiger partial charge in [-0.1, -0.05) is 54.6 Å². The Bertz CT molecular complexity index is 553. The number of rotatable bonds is 4. The van der Waals surface area contributed by atoms with Crippen LogP contribution in [0.3, 0.4) is 0 Å². The fourth-order valence-electron chi connectivity index (χ4n) is 2.89. The molecule has 0 spiro atoms. The molecule has 0 amide bonds. The van der Waals surface area contributed by atoms with Crippen LogP contribution in [-0.2, 0) is 6.42 Å². The molecule has 3 rings (SSSR count). The molecule has 0 radical (unpaired) electrons. The van der Waals surface area contributed by atoms with Gasteiger partial charge in [0.15, 0.2) is 0 Å². The molecule has 3 N–H and O–H groups in total. The highest BCUT2D eigenvalue weighted by Gasteiger charge is 2.23. The zero-order valence-corrected chi connectivity index (χ0v) is 11.6. The number of benzene rings is 2. The van der Waals surface area contributed by atoms with E-state index >= 15 is 0 Å². The lowest BCUT2D eigenvalue weighted by atomic mass is 9.97. The highest BCUT2D eigenvalue weighted by Crippen LogP contribution is 2.25. The fourth-order valence-corrected chi connectivity index (χ4v) is 2.89. The summed E-state index contributed by atoms with van der Waals surface area (Å²) in [4.78, 5) is 2.29. The van der Waals surface area contributed by atoms with Gasteiger partial charge in [-0.05, 0) is 16.7 Å². The van der Waals surface area contributed by atoms with Crippen LogP contribution in [0.15, 0.2) is 54.6 Å². The van der Waals surface area contributed by atoms with E-state index in [1.807, 2.05) is 0 Å². The van der Waals surface area contributed by atoms with Gasteiger partial charge >= 0.3 is 0 Å². The highest BCUT2D eigenvalue weighted by atomic mass is 15.3. The van der Waals surface area contributed by atoms with Crippen molar-refractivity contribution in [2.75, 3.05) is 19.8 Å². The highest BCUT2D eigenvalue weighted by molar-refractivity contribution is 5.67. The van der Waals surface area contributed by atoms with Gasteiger partial charge in [0, 0.05) is 26.2 Å². The van der Waals surface area contributed by atoms with Crippen molar-refractivity contribution in [1.29, 1.82) is 0 Å². The van der Waals surface area contributed by atoms with Crippen LogP contribution in [0, 0.1) is 0 Å². The van der Waals surface area contributed by atoms with Gasteiger partial charge in [-0.15, -0.1) is 0 Å². The maximum Gasteiger partial charge on any atom is 0.0650 e. The van der Waals surface area contributed by atoms with Crippen LogP contribution in [-0.4, -0.2) is 30.8 Å². The third-order valence-corrected chi connectivity index (χ3v) is 3.97. The standard InChI is InChI=1S/C17H21N3/c18-13-20-11-10-19-17(20)12-15-8-4-5-9-16(15)14-6-2-1-3-7-14/h1-9,17,19H,10-13,18H2. The Hall–Kier alpha value is -1.68. The Morgan fingerprint density at radius 2 is 1.80 bits per heavy atom. The molecule has 1 saturated heterocycles. The van der Waals surface area contributed by atoms with Crippen molar-refractivity contribution < 1.29 is 0 Å². The van der Waals surface area contributed by atoms with Crippen LogP contribution in [0.4, 0.5) is 0 Å². The van der Waals surface area contributed by atoms with Crippen molar-refractivity contribution in [2.45, 2.75) is 12.6 Å². The molecule has 0 saturated carbocycles. The monoisotopic (exact) mass is 267 g/mol. The molecular weight excluding hydrogens is 246 g/mol. The quantitative estimate of drug-likeness (QED) is 0.891. The predicted molar refractivity (Wildman–Crippen MR) is 83.1 cm³/mol. The lowest BCUT2D eigenvalue weighted by Gasteiger charge is -2.23. The van der Waals surface area contributed by atoms with E-state index in [4.69, 9.17) is 5.73 Å². The van der Waals surface area contributed by atoms with E-state index in [0.29, 0.717) is 12.8 Å². The van der Waals surface area contributed by atoms with Gasteiger partial charge < -0.3 is 11.1 Å². The van der Waals surface area contributed by atoms with Crippen molar-refractivity contribution in [1.82, 2.24) is 10.2 Å². The molecule has 0 bridgehead atoms. The maximum absolute atomic E-state index is 5.81. The van der Waals surface area contributed by atoms with E-state index in [1.165, 1.54) is 16.7 Å². The molecule has 1 fully saturated rings. The van der Waals surface area contributed by atoms with Crippen molar-refractivity contribution in [3.8, 4) is 11.1 Å². The molecular formula is C17H21N3. The summed E-state index contributed by atoms with van der Waals surface area (Å²) in [6.45, 7) is 2.68. The van der Waals surface area contributed by atoms with Crippen LogP contribution in [0.25, 0.3) is 11.1 Å². The molecule has 3 nitrogen and oxygen atoms in total. The first-order valence-corrected chi connectivity index (χ1v) is 7.19. The Balaban J connectivity index is 1.87. The van der Waals surface area contributed by atoms with Crippen molar-refractivity contribution in [3.05, 3.63) is 60.2 Å². The van der Waals surface area contributed by atoms with Gasteiger partial charge in [0.2, 0.25) is 0 Å². The zero-order chi connectivity index (χ0) is 13.8. The topological polar surface area (TPSA) is 41.3 Å². The van der Waals surface area contributed by atoms with E-state index < -0.39 is 0 Å². The first-order valence-electron chi connectivity index (χ1n) is 7.19. The van der Waals surface area contributed by atoms with Gasteiger partial charge in [-0.2, -0.15) is 0 Å². The molecule has 0 aromatic heterocycles. The summed E-state index contributed by atoms with van der Waals surface area (Å²) in [6, 6.07) is 19.2.